The molecule has 2 N–H and O–H groups in total. The molecule has 2 rings (SSSR count). The molecule has 6 nitrogen and oxygen atoms in total. The molecule has 1 aliphatic rings. The molecule has 8 heteroatoms. The lowest BCUT2D eigenvalue weighted by Crippen LogP contribution is -2.55. The Labute approximate surface area is 149 Å². The fraction of sp³-hybridized carbons (Fsp3) is 0.471. The SMILES string of the molecule is CCN(CCC(=O)O)C(=O)C1CSC(Cc2ccccc2F)C(=O)N1. The van der Waals surface area contributed by atoms with E-state index in [0.29, 0.717) is 17.9 Å². The lowest BCUT2D eigenvalue weighted by atomic mass is 10.1. The van der Waals surface area contributed by atoms with Gasteiger partial charge in [0.1, 0.15) is 11.9 Å². The van der Waals surface area contributed by atoms with E-state index in [1.165, 1.54) is 22.7 Å². The Morgan fingerprint density at radius 2 is 2.12 bits per heavy atom. The van der Waals surface area contributed by atoms with Crippen molar-refractivity contribution >= 4 is 29.5 Å². The van der Waals surface area contributed by atoms with Gasteiger partial charge in [0.2, 0.25) is 11.8 Å². The van der Waals surface area contributed by atoms with Gasteiger partial charge in [-0.15, -0.1) is 11.8 Å². The fourth-order valence-corrected chi connectivity index (χ4v) is 3.79. The van der Waals surface area contributed by atoms with Crippen LogP contribution in [0.25, 0.3) is 0 Å². The number of halogens is 1. The Hall–Kier alpha value is -2.09. The van der Waals surface area contributed by atoms with Crippen molar-refractivity contribution in [2.24, 2.45) is 0 Å². The Balaban J connectivity index is 1.94. The number of carboxylic acid groups (broad SMARTS) is 1. The molecule has 0 saturated carbocycles. The molecular weight excluding hydrogens is 347 g/mol. The minimum atomic E-state index is -0.974. The third-order valence-corrected chi connectivity index (χ3v) is 5.33. The van der Waals surface area contributed by atoms with Gasteiger partial charge in [-0.3, -0.25) is 14.4 Å². The molecule has 0 aromatic heterocycles. The van der Waals surface area contributed by atoms with Crippen molar-refractivity contribution in [3.8, 4) is 0 Å². The van der Waals surface area contributed by atoms with Crippen LogP contribution in [0.15, 0.2) is 24.3 Å². The summed E-state index contributed by atoms with van der Waals surface area (Å²) in [6, 6.07) is 5.64. The van der Waals surface area contributed by atoms with Crippen molar-refractivity contribution in [1.82, 2.24) is 10.2 Å². The molecule has 1 heterocycles. The first-order valence-electron chi connectivity index (χ1n) is 8.08. The van der Waals surface area contributed by atoms with Crippen molar-refractivity contribution in [2.45, 2.75) is 31.1 Å². The van der Waals surface area contributed by atoms with Crippen LogP contribution in [-0.2, 0) is 20.8 Å². The highest BCUT2D eigenvalue weighted by Gasteiger charge is 2.34. The molecule has 1 saturated heterocycles. The predicted molar refractivity (Wildman–Crippen MR) is 92.8 cm³/mol. The van der Waals surface area contributed by atoms with Gasteiger partial charge in [-0.05, 0) is 25.0 Å². The lowest BCUT2D eigenvalue weighted by molar-refractivity contribution is -0.140. The summed E-state index contributed by atoms with van der Waals surface area (Å²) in [4.78, 5) is 36.8. The molecule has 1 aliphatic heterocycles. The zero-order chi connectivity index (χ0) is 18.4. The maximum Gasteiger partial charge on any atom is 0.305 e. The van der Waals surface area contributed by atoms with E-state index in [0.717, 1.165) is 0 Å². The highest BCUT2D eigenvalue weighted by molar-refractivity contribution is 8.00. The molecule has 2 unspecified atom stereocenters. The Morgan fingerprint density at radius 1 is 1.40 bits per heavy atom. The Kier molecular flexibility index (Phi) is 6.81. The lowest BCUT2D eigenvalue weighted by Gasteiger charge is -2.31. The highest BCUT2D eigenvalue weighted by atomic mass is 32.2. The Bertz CT molecular complexity index is 655. The van der Waals surface area contributed by atoms with Crippen LogP contribution >= 0.6 is 11.8 Å². The number of hydrogen-bond acceptors (Lipinski definition) is 4. The molecule has 1 aromatic rings. The zero-order valence-electron chi connectivity index (χ0n) is 13.9. The maximum atomic E-state index is 13.7. The van der Waals surface area contributed by atoms with Gasteiger partial charge in [-0.25, -0.2) is 4.39 Å². The smallest absolute Gasteiger partial charge is 0.305 e. The monoisotopic (exact) mass is 368 g/mol. The van der Waals surface area contributed by atoms with Crippen LogP contribution in [-0.4, -0.2) is 57.9 Å². The van der Waals surface area contributed by atoms with Crippen LogP contribution in [0.3, 0.4) is 0 Å². The van der Waals surface area contributed by atoms with Crippen molar-refractivity contribution in [2.75, 3.05) is 18.8 Å². The number of amides is 2. The number of carbonyl (C=O) groups is 3. The summed E-state index contributed by atoms with van der Waals surface area (Å²) in [5.41, 5.74) is 0.469. The van der Waals surface area contributed by atoms with Crippen molar-refractivity contribution < 1.29 is 23.9 Å². The van der Waals surface area contributed by atoms with E-state index in [1.807, 2.05) is 0 Å². The normalized spacial score (nSPS) is 20.0. The van der Waals surface area contributed by atoms with Gasteiger partial charge in [0.25, 0.3) is 0 Å². The summed E-state index contributed by atoms with van der Waals surface area (Å²) >= 11 is 1.32. The van der Waals surface area contributed by atoms with Gasteiger partial charge < -0.3 is 15.3 Å². The minimum absolute atomic E-state index is 0.111. The summed E-state index contributed by atoms with van der Waals surface area (Å²) in [5.74, 6) is -1.52. The van der Waals surface area contributed by atoms with E-state index >= 15 is 0 Å². The molecule has 0 radical (unpaired) electrons. The average Bonchev–Trinajstić information content (AvgIpc) is 2.58. The van der Waals surface area contributed by atoms with Crippen LogP contribution in [0, 0.1) is 5.82 Å². The molecule has 0 bridgehead atoms. The third kappa shape index (κ3) is 5.19. The highest BCUT2D eigenvalue weighted by Crippen LogP contribution is 2.24. The number of carbonyl (C=O) groups excluding carboxylic acids is 2. The molecule has 0 aliphatic carbocycles. The summed E-state index contributed by atoms with van der Waals surface area (Å²) < 4.78 is 13.7. The predicted octanol–water partition coefficient (Wildman–Crippen LogP) is 1.29. The van der Waals surface area contributed by atoms with Gasteiger partial charge in [-0.1, -0.05) is 18.2 Å². The van der Waals surface area contributed by atoms with Gasteiger partial charge in [0.05, 0.1) is 11.7 Å². The first-order chi connectivity index (χ1) is 11.9. The van der Waals surface area contributed by atoms with E-state index in [4.69, 9.17) is 5.11 Å². The van der Waals surface area contributed by atoms with Gasteiger partial charge in [0.15, 0.2) is 0 Å². The van der Waals surface area contributed by atoms with Crippen LogP contribution in [0.5, 0.6) is 0 Å². The second kappa shape index (κ2) is 8.84. The number of likely N-dealkylation sites (N-methyl/N-ethyl adjacent to an activating group) is 1. The summed E-state index contributed by atoms with van der Waals surface area (Å²) in [7, 11) is 0. The number of hydrogen-bond donors (Lipinski definition) is 2. The fourth-order valence-electron chi connectivity index (χ4n) is 2.62. The van der Waals surface area contributed by atoms with Crippen LogP contribution in [0.1, 0.15) is 18.9 Å². The molecule has 1 aromatic carbocycles. The van der Waals surface area contributed by atoms with Gasteiger partial charge >= 0.3 is 5.97 Å². The van der Waals surface area contributed by atoms with Crippen LogP contribution in [0.4, 0.5) is 4.39 Å². The summed E-state index contributed by atoms with van der Waals surface area (Å²) in [5, 5.41) is 11.0. The van der Waals surface area contributed by atoms with Crippen molar-refractivity contribution in [3.05, 3.63) is 35.6 Å². The first kappa shape index (κ1) is 19.2. The number of carboxylic acids is 1. The van der Waals surface area contributed by atoms with Crippen LogP contribution < -0.4 is 5.32 Å². The second-order valence-corrected chi connectivity index (χ2v) is 6.98. The molecule has 2 amide bonds. The third-order valence-electron chi connectivity index (χ3n) is 4.02. The number of benzene rings is 1. The first-order valence-corrected chi connectivity index (χ1v) is 9.13. The number of nitrogens with zero attached hydrogens (tertiary/aromatic N) is 1. The van der Waals surface area contributed by atoms with E-state index in [2.05, 4.69) is 5.32 Å². The largest absolute Gasteiger partial charge is 0.481 e. The van der Waals surface area contributed by atoms with E-state index in [9.17, 15) is 18.8 Å². The van der Waals surface area contributed by atoms with Gasteiger partial charge in [0, 0.05) is 18.8 Å². The summed E-state index contributed by atoms with van der Waals surface area (Å²) in [6.07, 6.45) is 0.129. The van der Waals surface area contributed by atoms with E-state index < -0.39 is 17.3 Å². The molecule has 0 spiro atoms. The minimum Gasteiger partial charge on any atom is -0.481 e. The average molecular weight is 368 g/mol. The second-order valence-electron chi connectivity index (χ2n) is 5.74. The Morgan fingerprint density at radius 3 is 2.72 bits per heavy atom. The molecular formula is C17H21FN2O4S. The molecule has 25 heavy (non-hydrogen) atoms. The van der Waals surface area contributed by atoms with Crippen molar-refractivity contribution in [1.29, 1.82) is 0 Å². The molecule has 136 valence electrons. The molecule has 2 atom stereocenters. The maximum absolute atomic E-state index is 13.7. The number of aliphatic carboxylic acids is 1. The number of rotatable bonds is 7. The van der Waals surface area contributed by atoms with Crippen LogP contribution in [0.2, 0.25) is 0 Å². The zero-order valence-corrected chi connectivity index (χ0v) is 14.7. The topological polar surface area (TPSA) is 86.7 Å². The summed E-state index contributed by atoms with van der Waals surface area (Å²) in [6.45, 7) is 2.25. The van der Waals surface area contributed by atoms with E-state index in [1.54, 1.807) is 25.1 Å². The number of thioether (sulfide) groups is 1. The molecule has 1 fully saturated rings. The van der Waals surface area contributed by atoms with Gasteiger partial charge in [-0.2, -0.15) is 0 Å². The standard InChI is InChI=1S/C17H21FN2O4S/c1-2-20(8-7-15(21)22)17(24)13-10-25-14(16(23)19-13)9-11-5-3-4-6-12(11)18/h3-6,13-14H,2,7-10H2,1H3,(H,19,23)(H,21,22). The van der Waals surface area contributed by atoms with E-state index in [-0.39, 0.29) is 37.0 Å². The quantitative estimate of drug-likeness (QED) is 0.757. The number of nitrogens with one attached hydrogen (secondary N) is 1. The van der Waals surface area contributed by atoms with Crippen molar-refractivity contribution in [3.63, 3.8) is 0 Å².